The highest BCUT2D eigenvalue weighted by Crippen LogP contribution is 2.31. The Morgan fingerprint density at radius 1 is 1.12 bits per heavy atom. The Hall–Kier alpha value is -2.47. The number of rotatable bonds is 4. The average molecular weight is 369 g/mol. The molecular formula is C20H20FN3OS. The van der Waals surface area contributed by atoms with Crippen molar-refractivity contribution in [3.63, 3.8) is 0 Å². The largest absolute Gasteiger partial charge is 0.348 e. The zero-order valence-electron chi connectivity index (χ0n) is 14.4. The number of halogens is 1. The van der Waals surface area contributed by atoms with Gasteiger partial charge in [-0.3, -0.25) is 4.79 Å². The lowest BCUT2D eigenvalue weighted by atomic mass is 10.1. The first-order chi connectivity index (χ1) is 12.7. The van der Waals surface area contributed by atoms with E-state index in [4.69, 9.17) is 4.98 Å². The molecule has 1 fully saturated rings. The van der Waals surface area contributed by atoms with E-state index in [0.29, 0.717) is 12.1 Å². The van der Waals surface area contributed by atoms with E-state index in [1.165, 1.54) is 31.4 Å². The summed E-state index contributed by atoms with van der Waals surface area (Å²) in [6.45, 7) is 2.49. The molecule has 0 spiro atoms. The van der Waals surface area contributed by atoms with Crippen LogP contribution < -0.4 is 10.2 Å². The third-order valence-corrected chi connectivity index (χ3v) is 5.71. The number of nitrogens with zero attached hydrogens (tertiary/aromatic N) is 2. The summed E-state index contributed by atoms with van der Waals surface area (Å²) in [5, 5.41) is 3.93. The summed E-state index contributed by atoms with van der Waals surface area (Å²) < 4.78 is 14.0. The molecule has 4 nitrogen and oxygen atoms in total. The highest BCUT2D eigenvalue weighted by Gasteiger charge is 2.16. The van der Waals surface area contributed by atoms with Crippen molar-refractivity contribution < 1.29 is 9.18 Å². The normalized spacial score (nSPS) is 14.6. The van der Waals surface area contributed by atoms with Crippen LogP contribution in [0.4, 0.5) is 9.52 Å². The monoisotopic (exact) mass is 369 g/mol. The summed E-state index contributed by atoms with van der Waals surface area (Å²) in [7, 11) is 0. The smallest absolute Gasteiger partial charge is 0.251 e. The first-order valence-electron chi connectivity index (χ1n) is 8.87. The molecule has 1 aliphatic rings. The van der Waals surface area contributed by atoms with E-state index in [9.17, 15) is 9.18 Å². The van der Waals surface area contributed by atoms with Crippen LogP contribution in [-0.4, -0.2) is 24.0 Å². The number of fused-ring (bicyclic) bond motifs is 1. The maximum atomic E-state index is 12.9. The minimum atomic E-state index is -0.278. The van der Waals surface area contributed by atoms with Gasteiger partial charge in [0.15, 0.2) is 5.13 Å². The number of carbonyl (C=O) groups is 1. The number of hydrogen-bond acceptors (Lipinski definition) is 4. The Kier molecular flexibility index (Phi) is 4.84. The van der Waals surface area contributed by atoms with Crippen molar-refractivity contribution in [2.75, 3.05) is 18.0 Å². The highest BCUT2D eigenvalue weighted by atomic mass is 32.1. The third kappa shape index (κ3) is 3.70. The molecule has 2 aromatic carbocycles. The number of thiazole rings is 1. The summed E-state index contributed by atoms with van der Waals surface area (Å²) in [6.07, 6.45) is 3.72. The molecule has 1 amide bonds. The standard InChI is InChI=1S/C20H20FN3OS/c21-16-7-4-14(5-8-16)13-22-19(25)15-6-9-17-18(12-15)26-20(23-17)24-10-2-1-3-11-24/h4-9,12H,1-3,10-11,13H2,(H,22,25). The fraction of sp³-hybridized carbons (Fsp3) is 0.300. The lowest BCUT2D eigenvalue weighted by molar-refractivity contribution is 0.0951. The molecule has 4 rings (SSSR count). The molecule has 2 heterocycles. The number of anilines is 1. The van der Waals surface area contributed by atoms with E-state index in [0.717, 1.165) is 34.0 Å². The van der Waals surface area contributed by atoms with Gasteiger partial charge in [0.25, 0.3) is 5.91 Å². The molecule has 3 aromatic rings. The van der Waals surface area contributed by atoms with Crippen LogP contribution in [0.2, 0.25) is 0 Å². The van der Waals surface area contributed by atoms with Crippen molar-refractivity contribution in [2.24, 2.45) is 0 Å². The van der Waals surface area contributed by atoms with E-state index < -0.39 is 0 Å². The van der Waals surface area contributed by atoms with Crippen LogP contribution in [0.5, 0.6) is 0 Å². The molecule has 1 aromatic heterocycles. The van der Waals surface area contributed by atoms with Gasteiger partial charge in [-0.05, 0) is 55.2 Å². The minimum absolute atomic E-state index is 0.135. The molecular weight excluding hydrogens is 349 g/mol. The van der Waals surface area contributed by atoms with Crippen LogP contribution in [0.15, 0.2) is 42.5 Å². The van der Waals surface area contributed by atoms with Crippen molar-refractivity contribution in [1.82, 2.24) is 10.3 Å². The number of piperidine rings is 1. The van der Waals surface area contributed by atoms with Gasteiger partial charge in [0.2, 0.25) is 0 Å². The van der Waals surface area contributed by atoms with Crippen LogP contribution in [-0.2, 0) is 6.54 Å². The van der Waals surface area contributed by atoms with E-state index >= 15 is 0 Å². The lowest BCUT2D eigenvalue weighted by Gasteiger charge is -2.25. The second-order valence-electron chi connectivity index (χ2n) is 6.54. The summed E-state index contributed by atoms with van der Waals surface area (Å²) >= 11 is 1.64. The first kappa shape index (κ1) is 17.0. The lowest BCUT2D eigenvalue weighted by Crippen LogP contribution is -2.29. The van der Waals surface area contributed by atoms with Gasteiger partial charge in [0.05, 0.1) is 10.2 Å². The Balaban J connectivity index is 1.47. The Morgan fingerprint density at radius 2 is 1.88 bits per heavy atom. The maximum absolute atomic E-state index is 12.9. The van der Waals surface area contributed by atoms with E-state index in [2.05, 4.69) is 10.2 Å². The summed E-state index contributed by atoms with van der Waals surface area (Å²) in [4.78, 5) is 19.5. The predicted molar refractivity (Wildman–Crippen MR) is 103 cm³/mol. The summed E-state index contributed by atoms with van der Waals surface area (Å²) in [5.41, 5.74) is 2.42. The fourth-order valence-corrected chi connectivity index (χ4v) is 4.22. The first-order valence-corrected chi connectivity index (χ1v) is 9.69. The molecule has 26 heavy (non-hydrogen) atoms. The molecule has 1 N–H and O–H groups in total. The number of benzene rings is 2. The van der Waals surface area contributed by atoms with E-state index in [-0.39, 0.29) is 11.7 Å². The van der Waals surface area contributed by atoms with Gasteiger partial charge in [0, 0.05) is 25.2 Å². The van der Waals surface area contributed by atoms with Gasteiger partial charge in [0.1, 0.15) is 5.82 Å². The summed E-state index contributed by atoms with van der Waals surface area (Å²) in [6, 6.07) is 11.8. The van der Waals surface area contributed by atoms with Crippen LogP contribution >= 0.6 is 11.3 Å². The van der Waals surface area contributed by atoms with Gasteiger partial charge in [-0.2, -0.15) is 0 Å². The van der Waals surface area contributed by atoms with Crippen LogP contribution in [0.1, 0.15) is 35.2 Å². The predicted octanol–water partition coefficient (Wildman–Crippen LogP) is 4.36. The number of nitrogens with one attached hydrogen (secondary N) is 1. The maximum Gasteiger partial charge on any atom is 0.251 e. The van der Waals surface area contributed by atoms with Gasteiger partial charge >= 0.3 is 0 Å². The number of carbonyl (C=O) groups excluding carboxylic acids is 1. The van der Waals surface area contributed by atoms with Gasteiger partial charge < -0.3 is 10.2 Å². The van der Waals surface area contributed by atoms with Crippen LogP contribution in [0.3, 0.4) is 0 Å². The third-order valence-electron chi connectivity index (χ3n) is 4.63. The van der Waals surface area contributed by atoms with E-state index in [1.807, 2.05) is 18.2 Å². The van der Waals surface area contributed by atoms with Crippen molar-refractivity contribution in [3.8, 4) is 0 Å². The molecule has 134 valence electrons. The summed E-state index contributed by atoms with van der Waals surface area (Å²) in [5.74, 6) is -0.413. The Morgan fingerprint density at radius 3 is 2.65 bits per heavy atom. The number of aromatic nitrogens is 1. The van der Waals surface area contributed by atoms with Crippen molar-refractivity contribution in [1.29, 1.82) is 0 Å². The topological polar surface area (TPSA) is 45.2 Å². The minimum Gasteiger partial charge on any atom is -0.348 e. The average Bonchev–Trinajstić information content (AvgIpc) is 3.11. The van der Waals surface area contributed by atoms with Crippen molar-refractivity contribution in [2.45, 2.75) is 25.8 Å². The molecule has 0 aliphatic carbocycles. The van der Waals surface area contributed by atoms with Crippen LogP contribution in [0.25, 0.3) is 10.2 Å². The molecule has 0 atom stereocenters. The number of hydrogen-bond donors (Lipinski definition) is 1. The van der Waals surface area contributed by atoms with Crippen molar-refractivity contribution in [3.05, 3.63) is 59.4 Å². The molecule has 1 aliphatic heterocycles. The van der Waals surface area contributed by atoms with Gasteiger partial charge in [-0.1, -0.05) is 23.5 Å². The molecule has 0 radical (unpaired) electrons. The number of amides is 1. The molecule has 0 bridgehead atoms. The second-order valence-corrected chi connectivity index (χ2v) is 7.54. The second kappa shape index (κ2) is 7.41. The molecule has 6 heteroatoms. The fourth-order valence-electron chi connectivity index (χ4n) is 3.16. The molecule has 1 saturated heterocycles. The van der Waals surface area contributed by atoms with Gasteiger partial charge in [-0.25, -0.2) is 9.37 Å². The zero-order chi connectivity index (χ0) is 17.9. The van der Waals surface area contributed by atoms with E-state index in [1.54, 1.807) is 23.5 Å². The SMILES string of the molecule is O=C(NCc1ccc(F)cc1)c1ccc2nc(N3CCCCC3)sc2c1. The zero-order valence-corrected chi connectivity index (χ0v) is 15.2. The molecule has 0 unspecified atom stereocenters. The Labute approximate surface area is 155 Å². The van der Waals surface area contributed by atoms with Crippen molar-refractivity contribution >= 4 is 32.6 Å². The highest BCUT2D eigenvalue weighted by molar-refractivity contribution is 7.22. The molecule has 0 saturated carbocycles. The Bertz CT molecular complexity index is 916. The quantitative estimate of drug-likeness (QED) is 0.743. The van der Waals surface area contributed by atoms with Crippen LogP contribution in [0, 0.1) is 5.82 Å². The van der Waals surface area contributed by atoms with Gasteiger partial charge in [-0.15, -0.1) is 0 Å².